The number of imidazole rings is 1. The van der Waals surface area contributed by atoms with Crippen molar-refractivity contribution in [1.29, 1.82) is 0 Å². The number of hydrogen-bond acceptors (Lipinski definition) is 4. The second kappa shape index (κ2) is 7.94. The highest BCUT2D eigenvalue weighted by Gasteiger charge is 2.42. The van der Waals surface area contributed by atoms with Gasteiger partial charge in [0, 0.05) is 24.8 Å². The smallest absolute Gasteiger partial charge is 0.389 e. The number of halogens is 3. The molecule has 0 amide bonds. The average Bonchev–Trinajstić information content (AvgIpc) is 2.98. The molecule has 1 atom stereocenters. The highest BCUT2D eigenvalue weighted by molar-refractivity contribution is 5.82. The van der Waals surface area contributed by atoms with Crippen LogP contribution < -0.4 is 0 Å². The number of nitrogens with zero attached hydrogens (tertiary/aromatic N) is 3. The van der Waals surface area contributed by atoms with Gasteiger partial charge in [0.2, 0.25) is 0 Å². The molecule has 0 saturated heterocycles. The summed E-state index contributed by atoms with van der Waals surface area (Å²) >= 11 is 0. The van der Waals surface area contributed by atoms with Crippen molar-refractivity contribution in [2.75, 3.05) is 0 Å². The van der Waals surface area contributed by atoms with Gasteiger partial charge < -0.3 is 9.67 Å². The number of ketones is 1. The summed E-state index contributed by atoms with van der Waals surface area (Å²) in [6.07, 6.45) is 3.17. The molecule has 5 nitrogen and oxygen atoms in total. The van der Waals surface area contributed by atoms with Crippen LogP contribution in [0, 0.1) is 5.92 Å². The summed E-state index contributed by atoms with van der Waals surface area (Å²) in [5, 5.41) is 10.4. The molecule has 0 spiro atoms. The Labute approximate surface area is 173 Å². The standard InChI is InChI=1S/C22H28F3N3O2/c1-14(21(30)12-5-13-21)17(29)8-2-3-9-19-26-16-10-11-18(22(23,24)25)27-20(16)28(19)15-6-4-7-15/h10-11,14-15,30H,2-9,12-13H2,1H3/t14-/m1/s1. The molecule has 0 radical (unpaired) electrons. The van der Waals surface area contributed by atoms with Crippen molar-refractivity contribution >= 4 is 16.9 Å². The Bertz CT molecular complexity index is 930. The van der Waals surface area contributed by atoms with Gasteiger partial charge in [-0.1, -0.05) is 6.92 Å². The van der Waals surface area contributed by atoms with E-state index in [0.717, 1.165) is 44.0 Å². The Morgan fingerprint density at radius 3 is 2.53 bits per heavy atom. The molecule has 1 N–H and O–H groups in total. The summed E-state index contributed by atoms with van der Waals surface area (Å²) in [6.45, 7) is 1.81. The van der Waals surface area contributed by atoms with E-state index < -0.39 is 17.5 Å². The van der Waals surface area contributed by atoms with Gasteiger partial charge in [-0.25, -0.2) is 9.97 Å². The number of carbonyl (C=O) groups is 1. The molecule has 30 heavy (non-hydrogen) atoms. The maximum absolute atomic E-state index is 13.1. The molecule has 4 rings (SSSR count). The number of aliphatic hydroxyl groups is 1. The highest BCUT2D eigenvalue weighted by atomic mass is 19.4. The van der Waals surface area contributed by atoms with Crippen LogP contribution in [-0.4, -0.2) is 31.0 Å². The molecule has 0 unspecified atom stereocenters. The minimum absolute atomic E-state index is 0.0844. The van der Waals surface area contributed by atoms with Crippen LogP contribution in [0.1, 0.15) is 82.3 Å². The monoisotopic (exact) mass is 423 g/mol. The zero-order valence-electron chi connectivity index (χ0n) is 17.2. The lowest BCUT2D eigenvalue weighted by Crippen LogP contribution is -2.46. The minimum Gasteiger partial charge on any atom is -0.389 e. The number of aromatic nitrogens is 3. The number of unbranched alkanes of at least 4 members (excludes halogenated alkanes) is 1. The Balaban J connectivity index is 1.44. The van der Waals surface area contributed by atoms with Gasteiger partial charge in [0.25, 0.3) is 0 Å². The average molecular weight is 423 g/mol. The summed E-state index contributed by atoms with van der Waals surface area (Å²) in [6, 6.07) is 2.53. The lowest BCUT2D eigenvalue weighted by molar-refractivity contribution is -0.141. The lowest BCUT2D eigenvalue weighted by atomic mass is 9.70. The fourth-order valence-electron chi connectivity index (χ4n) is 4.45. The van der Waals surface area contributed by atoms with Crippen LogP contribution in [-0.2, 0) is 17.4 Å². The van der Waals surface area contributed by atoms with E-state index in [2.05, 4.69) is 9.97 Å². The Kier molecular flexibility index (Phi) is 5.64. The van der Waals surface area contributed by atoms with Crippen LogP contribution in [0.15, 0.2) is 12.1 Å². The molecule has 2 aromatic heterocycles. The van der Waals surface area contributed by atoms with Crippen molar-refractivity contribution in [3.63, 3.8) is 0 Å². The molecule has 2 fully saturated rings. The molecule has 2 heterocycles. The van der Waals surface area contributed by atoms with Crippen LogP contribution in [0.25, 0.3) is 11.2 Å². The number of pyridine rings is 1. The van der Waals surface area contributed by atoms with Crippen molar-refractivity contribution in [1.82, 2.24) is 14.5 Å². The summed E-state index contributed by atoms with van der Waals surface area (Å²) in [7, 11) is 0. The Hall–Kier alpha value is -1.96. The van der Waals surface area contributed by atoms with E-state index in [0.29, 0.717) is 43.3 Å². The first-order valence-corrected chi connectivity index (χ1v) is 10.9. The highest BCUT2D eigenvalue weighted by Crippen LogP contribution is 2.39. The first kappa shape index (κ1) is 21.3. The first-order chi connectivity index (χ1) is 14.2. The van der Waals surface area contributed by atoms with Gasteiger partial charge in [-0.2, -0.15) is 13.2 Å². The fourth-order valence-corrected chi connectivity index (χ4v) is 4.45. The molecule has 0 aliphatic heterocycles. The van der Waals surface area contributed by atoms with Gasteiger partial charge in [-0.05, 0) is 63.5 Å². The molecule has 164 valence electrons. The number of alkyl halides is 3. The zero-order valence-corrected chi connectivity index (χ0v) is 17.2. The topological polar surface area (TPSA) is 68.0 Å². The third kappa shape index (κ3) is 3.98. The molecular formula is C22H28F3N3O2. The van der Waals surface area contributed by atoms with Crippen LogP contribution in [0.5, 0.6) is 0 Å². The van der Waals surface area contributed by atoms with Gasteiger partial charge in [-0.15, -0.1) is 0 Å². The van der Waals surface area contributed by atoms with Gasteiger partial charge in [0.15, 0.2) is 5.65 Å². The maximum Gasteiger partial charge on any atom is 0.433 e. The van der Waals surface area contributed by atoms with Gasteiger partial charge in [-0.3, -0.25) is 4.79 Å². The van der Waals surface area contributed by atoms with E-state index in [1.165, 1.54) is 6.07 Å². The van der Waals surface area contributed by atoms with E-state index in [9.17, 15) is 23.1 Å². The van der Waals surface area contributed by atoms with E-state index in [1.807, 2.05) is 4.57 Å². The molecule has 8 heteroatoms. The van der Waals surface area contributed by atoms with E-state index in [-0.39, 0.29) is 17.7 Å². The number of fused-ring (bicyclic) bond motifs is 1. The van der Waals surface area contributed by atoms with Crippen LogP contribution in [0.2, 0.25) is 0 Å². The van der Waals surface area contributed by atoms with Crippen LogP contribution in [0.4, 0.5) is 13.2 Å². The van der Waals surface area contributed by atoms with Crippen LogP contribution >= 0.6 is 0 Å². The molecular weight excluding hydrogens is 395 g/mol. The third-order valence-corrected chi connectivity index (χ3v) is 6.92. The van der Waals surface area contributed by atoms with Gasteiger partial charge in [0.05, 0.1) is 5.60 Å². The number of carbonyl (C=O) groups excluding carboxylic acids is 1. The molecule has 0 bridgehead atoms. The maximum atomic E-state index is 13.1. The number of hydrogen-bond donors (Lipinski definition) is 1. The predicted octanol–water partition coefficient (Wildman–Crippen LogP) is 5.01. The second-order valence-electron chi connectivity index (χ2n) is 8.87. The lowest BCUT2D eigenvalue weighted by Gasteiger charge is -2.41. The molecule has 2 aliphatic rings. The second-order valence-corrected chi connectivity index (χ2v) is 8.87. The Morgan fingerprint density at radius 2 is 1.97 bits per heavy atom. The summed E-state index contributed by atoms with van der Waals surface area (Å²) in [5.41, 5.74) is -0.921. The van der Waals surface area contributed by atoms with Crippen molar-refractivity contribution in [2.45, 2.75) is 89.0 Å². The van der Waals surface area contributed by atoms with E-state index >= 15 is 0 Å². The fraction of sp³-hybridized carbons (Fsp3) is 0.682. The first-order valence-electron chi connectivity index (χ1n) is 10.9. The summed E-state index contributed by atoms with van der Waals surface area (Å²) in [4.78, 5) is 20.8. The Morgan fingerprint density at radius 1 is 1.23 bits per heavy atom. The minimum atomic E-state index is -4.48. The van der Waals surface area contributed by atoms with E-state index in [4.69, 9.17) is 0 Å². The number of aryl methyl sites for hydroxylation is 1. The molecule has 2 aliphatic carbocycles. The van der Waals surface area contributed by atoms with Crippen LogP contribution in [0.3, 0.4) is 0 Å². The van der Waals surface area contributed by atoms with Crippen molar-refractivity contribution < 1.29 is 23.1 Å². The third-order valence-electron chi connectivity index (χ3n) is 6.92. The molecule has 0 aromatic carbocycles. The van der Waals surface area contributed by atoms with Crippen molar-refractivity contribution in [3.05, 3.63) is 23.7 Å². The molecule has 2 saturated carbocycles. The summed E-state index contributed by atoms with van der Waals surface area (Å²) in [5.74, 6) is 0.497. The number of rotatable bonds is 8. The normalized spacial score (nSPS) is 20.0. The van der Waals surface area contributed by atoms with E-state index in [1.54, 1.807) is 6.92 Å². The van der Waals surface area contributed by atoms with Crippen molar-refractivity contribution in [3.8, 4) is 0 Å². The number of Topliss-reactive ketones (excluding diaryl/α,β-unsaturated/α-hetero) is 1. The van der Waals surface area contributed by atoms with Crippen molar-refractivity contribution in [2.24, 2.45) is 5.92 Å². The quantitative estimate of drug-likeness (QED) is 0.606. The largest absolute Gasteiger partial charge is 0.433 e. The molecule has 2 aromatic rings. The SMILES string of the molecule is C[C@H](C(=O)CCCCc1nc2ccc(C(F)(F)F)nc2n1C1CCC1)C1(O)CCC1. The van der Waals surface area contributed by atoms with Gasteiger partial charge in [0.1, 0.15) is 22.8 Å². The predicted molar refractivity (Wildman–Crippen MR) is 106 cm³/mol. The summed E-state index contributed by atoms with van der Waals surface area (Å²) < 4.78 is 41.2. The van der Waals surface area contributed by atoms with Gasteiger partial charge >= 0.3 is 6.18 Å². The zero-order chi connectivity index (χ0) is 21.5.